The summed E-state index contributed by atoms with van der Waals surface area (Å²) in [7, 11) is 0. The largest absolute Gasteiger partial charge is 0.456 e. The Balaban J connectivity index is 0.00000165. The van der Waals surface area contributed by atoms with E-state index in [1.54, 1.807) is 0 Å². The number of amidine groups is 2. The lowest BCUT2D eigenvalue weighted by Crippen LogP contribution is -2.33. The lowest BCUT2D eigenvalue weighted by molar-refractivity contribution is 0.482. The molecule has 0 fully saturated rings. The van der Waals surface area contributed by atoms with E-state index in [1.165, 1.54) is 5.39 Å². The molecule has 0 aliphatic carbocycles. The van der Waals surface area contributed by atoms with Crippen LogP contribution in [0.5, 0.6) is 11.5 Å². The topological polar surface area (TPSA) is 50.9 Å². The van der Waals surface area contributed by atoms with Gasteiger partial charge in [0.1, 0.15) is 23.5 Å². The van der Waals surface area contributed by atoms with E-state index < -0.39 is 0 Å². The Labute approximate surface area is 280 Å². The van der Waals surface area contributed by atoms with Crippen molar-refractivity contribution in [3.63, 3.8) is 0 Å². The smallest absolute Gasteiger partial charge is 0.159 e. The second kappa shape index (κ2) is 12.5. The summed E-state index contributed by atoms with van der Waals surface area (Å²) in [5.74, 6) is 3.21. The Hall–Kier alpha value is -6.20. The van der Waals surface area contributed by atoms with Gasteiger partial charge in [0.25, 0.3) is 0 Å². The number of para-hydroxylation sites is 2. The van der Waals surface area contributed by atoms with Crippen LogP contribution < -0.4 is 10.1 Å². The van der Waals surface area contributed by atoms with Gasteiger partial charge in [-0.1, -0.05) is 135 Å². The molecule has 1 atom stereocenters. The Morgan fingerprint density at radius 1 is 0.583 bits per heavy atom. The van der Waals surface area contributed by atoms with Crippen molar-refractivity contribution in [3.8, 4) is 17.2 Å². The molecule has 48 heavy (non-hydrogen) atoms. The maximum absolute atomic E-state index is 6.46. The average molecular weight is 623 g/mol. The molecule has 0 bridgehead atoms. The Morgan fingerprint density at radius 2 is 1.29 bits per heavy atom. The van der Waals surface area contributed by atoms with Gasteiger partial charge in [0, 0.05) is 38.7 Å². The predicted octanol–water partition coefficient (Wildman–Crippen LogP) is 10.6. The van der Waals surface area contributed by atoms with Crippen LogP contribution in [0, 0.1) is 0 Å². The number of fused-ring (bicyclic) bond motifs is 5. The standard InChI is InChI=1S/C41H28N4O.C2H6/c1-3-13-28(14-4-1)39-42-40(29-15-5-2-6-16-29)44-41(43-39)31-17-11-18-32(24-31)45-35-20-9-8-19-33(35)34-26-38-30(25-36(34)45)23-22-27-12-7-10-21-37(27)46-38;1-2/h1-26,39H,(H,42,43,44);1-2H3. The fourth-order valence-corrected chi connectivity index (χ4v) is 6.43. The molecular weight excluding hydrogens is 589 g/mol. The maximum atomic E-state index is 6.46. The number of aliphatic imine (C=N–C) groups is 2. The first kappa shape index (κ1) is 29.2. The molecule has 2 aliphatic heterocycles. The van der Waals surface area contributed by atoms with Crippen LogP contribution >= 0.6 is 0 Å². The third kappa shape index (κ3) is 5.25. The summed E-state index contributed by atoms with van der Waals surface area (Å²) >= 11 is 0. The minimum absolute atomic E-state index is 0.257. The summed E-state index contributed by atoms with van der Waals surface area (Å²) in [4.78, 5) is 10.2. The van der Waals surface area contributed by atoms with Crippen LogP contribution in [-0.2, 0) is 0 Å². The summed E-state index contributed by atoms with van der Waals surface area (Å²) in [5.41, 5.74) is 8.44. The van der Waals surface area contributed by atoms with Crippen molar-refractivity contribution < 1.29 is 4.74 Å². The molecule has 1 unspecified atom stereocenters. The molecule has 9 rings (SSSR count). The van der Waals surface area contributed by atoms with Gasteiger partial charge in [-0.05, 0) is 42.0 Å². The van der Waals surface area contributed by atoms with E-state index in [0.717, 1.165) is 67.3 Å². The number of benzene rings is 6. The molecule has 7 aromatic rings. The van der Waals surface area contributed by atoms with Crippen molar-refractivity contribution in [2.24, 2.45) is 9.98 Å². The van der Waals surface area contributed by atoms with Crippen molar-refractivity contribution in [3.05, 3.63) is 173 Å². The van der Waals surface area contributed by atoms with Gasteiger partial charge in [0.2, 0.25) is 0 Å². The molecular formula is C43H34N4O. The highest BCUT2D eigenvalue weighted by atomic mass is 16.5. The SMILES string of the molecule is C1=Cc2cc3c(cc2Oc2ccccc21)c1ccccc1n3-c1cccc(C2=NC(c3ccccc3)NC(c3ccccc3)=N2)c1.CC. The Kier molecular flexibility index (Phi) is 7.63. The van der Waals surface area contributed by atoms with Crippen LogP contribution in [0.1, 0.15) is 47.8 Å². The molecule has 2 aliphatic rings. The van der Waals surface area contributed by atoms with Gasteiger partial charge < -0.3 is 14.6 Å². The van der Waals surface area contributed by atoms with Crippen LogP contribution in [0.3, 0.4) is 0 Å². The number of hydrogen-bond acceptors (Lipinski definition) is 4. The first-order valence-corrected chi connectivity index (χ1v) is 16.4. The number of nitrogens with zero attached hydrogens (tertiary/aromatic N) is 3. The highest BCUT2D eigenvalue weighted by Crippen LogP contribution is 2.40. The molecule has 5 nitrogen and oxygen atoms in total. The summed E-state index contributed by atoms with van der Waals surface area (Å²) in [6, 6.07) is 50.2. The molecule has 1 N–H and O–H groups in total. The monoisotopic (exact) mass is 622 g/mol. The molecule has 0 radical (unpaired) electrons. The molecule has 1 aromatic heterocycles. The number of nitrogens with one attached hydrogen (secondary N) is 1. The van der Waals surface area contributed by atoms with E-state index in [1.807, 2.05) is 68.4 Å². The van der Waals surface area contributed by atoms with E-state index in [4.69, 9.17) is 14.7 Å². The van der Waals surface area contributed by atoms with E-state index in [0.29, 0.717) is 5.84 Å². The van der Waals surface area contributed by atoms with E-state index in [9.17, 15) is 0 Å². The summed E-state index contributed by atoms with van der Waals surface area (Å²) < 4.78 is 8.79. The summed E-state index contributed by atoms with van der Waals surface area (Å²) in [6.45, 7) is 4.00. The first-order chi connectivity index (χ1) is 23.8. The Morgan fingerprint density at radius 3 is 2.15 bits per heavy atom. The highest BCUT2D eigenvalue weighted by Gasteiger charge is 2.22. The second-order valence-corrected chi connectivity index (χ2v) is 11.5. The van der Waals surface area contributed by atoms with E-state index in [-0.39, 0.29) is 6.17 Å². The molecule has 5 heteroatoms. The van der Waals surface area contributed by atoms with Crippen LogP contribution in [0.25, 0.3) is 39.6 Å². The summed E-state index contributed by atoms with van der Waals surface area (Å²) in [5, 5.41) is 5.87. The van der Waals surface area contributed by atoms with Crippen LogP contribution in [0.4, 0.5) is 0 Å². The van der Waals surface area contributed by atoms with Crippen LogP contribution in [-0.4, -0.2) is 16.2 Å². The number of aromatic nitrogens is 1. The lowest BCUT2D eigenvalue weighted by Gasteiger charge is -2.23. The molecule has 0 saturated carbocycles. The van der Waals surface area contributed by atoms with Gasteiger partial charge in [-0.3, -0.25) is 0 Å². The number of hydrogen-bond donors (Lipinski definition) is 1. The van der Waals surface area contributed by atoms with Crippen molar-refractivity contribution in [2.75, 3.05) is 0 Å². The minimum atomic E-state index is -0.257. The summed E-state index contributed by atoms with van der Waals surface area (Å²) in [6.07, 6.45) is 4.01. The highest BCUT2D eigenvalue weighted by molar-refractivity contribution is 6.14. The molecule has 0 spiro atoms. The van der Waals surface area contributed by atoms with Crippen molar-refractivity contribution in [2.45, 2.75) is 20.0 Å². The van der Waals surface area contributed by atoms with Crippen molar-refractivity contribution in [1.29, 1.82) is 0 Å². The van der Waals surface area contributed by atoms with Gasteiger partial charge in [0.05, 0.1) is 11.0 Å². The van der Waals surface area contributed by atoms with Crippen LogP contribution in [0.2, 0.25) is 0 Å². The molecule has 6 aromatic carbocycles. The van der Waals surface area contributed by atoms with Crippen molar-refractivity contribution >= 4 is 45.6 Å². The predicted molar refractivity (Wildman–Crippen MR) is 199 cm³/mol. The molecule has 0 amide bonds. The fraction of sp³-hybridized carbons (Fsp3) is 0.0698. The van der Waals surface area contributed by atoms with Gasteiger partial charge in [-0.15, -0.1) is 0 Å². The average Bonchev–Trinajstić information content (AvgIpc) is 3.36. The molecule has 232 valence electrons. The molecule has 3 heterocycles. The Bertz CT molecular complexity index is 2370. The van der Waals surface area contributed by atoms with E-state index in [2.05, 4.69) is 113 Å². The van der Waals surface area contributed by atoms with Gasteiger partial charge >= 0.3 is 0 Å². The van der Waals surface area contributed by atoms with Gasteiger partial charge in [0.15, 0.2) is 5.84 Å². The fourth-order valence-electron chi connectivity index (χ4n) is 6.43. The minimum Gasteiger partial charge on any atom is -0.456 e. The number of rotatable bonds is 4. The van der Waals surface area contributed by atoms with Gasteiger partial charge in [-0.2, -0.15) is 0 Å². The van der Waals surface area contributed by atoms with Crippen LogP contribution in [0.15, 0.2) is 156 Å². The zero-order valence-electron chi connectivity index (χ0n) is 26.8. The number of ether oxygens (including phenoxy) is 1. The van der Waals surface area contributed by atoms with Crippen molar-refractivity contribution in [1.82, 2.24) is 9.88 Å². The second-order valence-electron chi connectivity index (χ2n) is 11.5. The van der Waals surface area contributed by atoms with Gasteiger partial charge in [-0.25, -0.2) is 9.98 Å². The zero-order chi connectivity index (χ0) is 32.5. The lowest BCUT2D eigenvalue weighted by atomic mass is 10.1. The molecule has 0 saturated heterocycles. The quantitative estimate of drug-likeness (QED) is 0.212. The zero-order valence-corrected chi connectivity index (χ0v) is 26.8. The first-order valence-electron chi connectivity index (χ1n) is 16.4. The normalized spacial score (nSPS) is 14.8. The van der Waals surface area contributed by atoms with E-state index >= 15 is 0 Å². The third-order valence-corrected chi connectivity index (χ3v) is 8.65. The third-order valence-electron chi connectivity index (χ3n) is 8.65. The maximum Gasteiger partial charge on any atom is 0.159 e.